The fraction of sp³-hybridized carbons (Fsp3) is 0.417. The van der Waals surface area contributed by atoms with Crippen molar-refractivity contribution >= 4 is 28.4 Å². The number of carbonyl (C=O) groups is 1. The Morgan fingerprint density at radius 1 is 1.27 bits per heavy atom. The summed E-state index contributed by atoms with van der Waals surface area (Å²) in [7, 11) is 0. The van der Waals surface area contributed by atoms with Gasteiger partial charge in [0.2, 0.25) is 5.24 Å². The Hall–Kier alpha value is -0.530. The number of hydrogen-bond donors (Lipinski definition) is 0. The minimum absolute atomic E-state index is 0.142. The Balaban J connectivity index is 3.22. The second kappa shape index (κ2) is 4.54. The zero-order chi connectivity index (χ0) is 11.6. The summed E-state index contributed by atoms with van der Waals surface area (Å²) in [4.78, 5) is 11.5. The lowest BCUT2D eigenvalue weighted by atomic mass is 9.74. The van der Waals surface area contributed by atoms with Crippen molar-refractivity contribution in [1.29, 1.82) is 0 Å². The van der Waals surface area contributed by atoms with Crippen molar-refractivity contribution in [3.05, 3.63) is 34.9 Å². The summed E-state index contributed by atoms with van der Waals surface area (Å²) in [5.74, 6) is 0.142. The number of halogens is 2. The first-order valence-electron chi connectivity index (χ1n) is 4.85. The maximum absolute atomic E-state index is 11.5. The van der Waals surface area contributed by atoms with Crippen LogP contribution in [0.2, 0.25) is 5.02 Å². The van der Waals surface area contributed by atoms with E-state index >= 15 is 0 Å². The first kappa shape index (κ1) is 12.5. The fourth-order valence-corrected chi connectivity index (χ4v) is 1.92. The van der Waals surface area contributed by atoms with Crippen LogP contribution in [-0.2, 0) is 10.2 Å². The average molecular weight is 245 g/mol. The van der Waals surface area contributed by atoms with E-state index < -0.39 is 5.41 Å². The van der Waals surface area contributed by atoms with Gasteiger partial charge in [-0.15, -0.1) is 0 Å². The molecule has 3 heteroatoms. The van der Waals surface area contributed by atoms with Crippen LogP contribution in [0.5, 0.6) is 0 Å². The van der Waals surface area contributed by atoms with E-state index in [2.05, 4.69) is 0 Å². The molecule has 1 rings (SSSR count). The highest BCUT2D eigenvalue weighted by Gasteiger charge is 2.37. The molecule has 0 amide bonds. The lowest BCUT2D eigenvalue weighted by Crippen LogP contribution is -2.34. The van der Waals surface area contributed by atoms with Crippen LogP contribution in [0, 0.1) is 5.92 Å². The van der Waals surface area contributed by atoms with Crippen molar-refractivity contribution in [3.8, 4) is 0 Å². The van der Waals surface area contributed by atoms with Gasteiger partial charge >= 0.3 is 0 Å². The van der Waals surface area contributed by atoms with E-state index in [1.165, 1.54) is 0 Å². The van der Waals surface area contributed by atoms with Crippen molar-refractivity contribution in [2.75, 3.05) is 0 Å². The Bertz CT molecular complexity index is 356. The normalized spacial score (nSPS) is 15.1. The van der Waals surface area contributed by atoms with Crippen LogP contribution in [0.3, 0.4) is 0 Å². The van der Waals surface area contributed by atoms with Crippen molar-refractivity contribution < 1.29 is 4.79 Å². The maximum atomic E-state index is 11.5. The third kappa shape index (κ3) is 2.35. The zero-order valence-corrected chi connectivity index (χ0v) is 10.6. The molecule has 0 saturated carbocycles. The molecule has 1 aromatic carbocycles. The van der Waals surface area contributed by atoms with Gasteiger partial charge in [-0.05, 0) is 42.1 Å². The molecule has 82 valence electrons. The fourth-order valence-electron chi connectivity index (χ4n) is 1.47. The summed E-state index contributed by atoms with van der Waals surface area (Å²) < 4.78 is 0. The minimum atomic E-state index is -0.647. The van der Waals surface area contributed by atoms with Gasteiger partial charge in [0, 0.05) is 5.02 Å². The lowest BCUT2D eigenvalue weighted by molar-refractivity contribution is -0.117. The maximum Gasteiger partial charge on any atom is 0.232 e. The molecule has 1 aromatic rings. The molecule has 0 fully saturated rings. The van der Waals surface area contributed by atoms with Crippen molar-refractivity contribution in [2.45, 2.75) is 26.2 Å². The Morgan fingerprint density at radius 2 is 1.73 bits per heavy atom. The molecular formula is C12H14Cl2O. The number of hydrogen-bond acceptors (Lipinski definition) is 1. The quantitative estimate of drug-likeness (QED) is 0.735. The first-order valence-corrected chi connectivity index (χ1v) is 5.60. The highest BCUT2D eigenvalue weighted by atomic mass is 35.5. The summed E-state index contributed by atoms with van der Waals surface area (Å²) in [6.45, 7) is 5.82. The zero-order valence-electron chi connectivity index (χ0n) is 9.05. The van der Waals surface area contributed by atoms with Crippen LogP contribution in [0.4, 0.5) is 0 Å². The lowest BCUT2D eigenvalue weighted by Gasteiger charge is -2.30. The molecule has 0 aliphatic heterocycles. The van der Waals surface area contributed by atoms with Crippen LogP contribution in [0.1, 0.15) is 26.3 Å². The van der Waals surface area contributed by atoms with E-state index in [1.54, 1.807) is 12.1 Å². The average Bonchev–Trinajstić information content (AvgIpc) is 2.17. The van der Waals surface area contributed by atoms with Crippen LogP contribution in [0.25, 0.3) is 0 Å². The Kier molecular flexibility index (Phi) is 3.80. The summed E-state index contributed by atoms with van der Waals surface area (Å²) in [6.07, 6.45) is 0. The van der Waals surface area contributed by atoms with Gasteiger partial charge in [0.1, 0.15) is 0 Å². The van der Waals surface area contributed by atoms with Crippen LogP contribution >= 0.6 is 23.2 Å². The molecular weight excluding hydrogens is 231 g/mol. The predicted octanol–water partition coefficient (Wildman–Crippen LogP) is 4.02. The summed E-state index contributed by atoms with van der Waals surface area (Å²) >= 11 is 11.5. The van der Waals surface area contributed by atoms with Gasteiger partial charge < -0.3 is 0 Å². The van der Waals surface area contributed by atoms with Gasteiger partial charge in [0.15, 0.2) is 0 Å². The van der Waals surface area contributed by atoms with Gasteiger partial charge in [0.25, 0.3) is 0 Å². The highest BCUT2D eigenvalue weighted by molar-refractivity contribution is 6.65. The van der Waals surface area contributed by atoms with E-state index in [0.717, 1.165) is 5.56 Å². The van der Waals surface area contributed by atoms with E-state index in [-0.39, 0.29) is 11.2 Å². The van der Waals surface area contributed by atoms with E-state index in [1.807, 2.05) is 32.9 Å². The second-order valence-corrected chi connectivity index (χ2v) is 4.92. The minimum Gasteiger partial charge on any atom is -0.280 e. The molecule has 15 heavy (non-hydrogen) atoms. The van der Waals surface area contributed by atoms with Crippen molar-refractivity contribution in [1.82, 2.24) is 0 Å². The van der Waals surface area contributed by atoms with Gasteiger partial charge in [-0.3, -0.25) is 4.79 Å². The Morgan fingerprint density at radius 3 is 2.07 bits per heavy atom. The summed E-state index contributed by atoms with van der Waals surface area (Å²) in [5.41, 5.74) is 0.258. The van der Waals surface area contributed by atoms with Crippen LogP contribution < -0.4 is 0 Å². The largest absolute Gasteiger partial charge is 0.280 e. The molecule has 0 aliphatic carbocycles. The topological polar surface area (TPSA) is 17.1 Å². The number of benzene rings is 1. The van der Waals surface area contributed by atoms with Crippen LogP contribution in [0.15, 0.2) is 24.3 Å². The van der Waals surface area contributed by atoms with E-state index in [9.17, 15) is 4.79 Å². The predicted molar refractivity (Wildman–Crippen MR) is 64.5 cm³/mol. The van der Waals surface area contributed by atoms with E-state index in [0.29, 0.717) is 5.02 Å². The third-order valence-corrected chi connectivity index (χ3v) is 3.65. The second-order valence-electron chi connectivity index (χ2n) is 4.14. The molecule has 0 heterocycles. The van der Waals surface area contributed by atoms with Crippen molar-refractivity contribution in [3.63, 3.8) is 0 Å². The Labute approximate surface area is 100 Å². The first-order chi connectivity index (χ1) is 6.89. The van der Waals surface area contributed by atoms with Gasteiger partial charge in [-0.25, -0.2) is 0 Å². The molecule has 1 unspecified atom stereocenters. The molecule has 0 saturated heterocycles. The van der Waals surface area contributed by atoms with Gasteiger partial charge in [0.05, 0.1) is 5.41 Å². The van der Waals surface area contributed by atoms with Crippen LogP contribution in [-0.4, -0.2) is 5.24 Å². The molecule has 0 N–H and O–H groups in total. The SMILES string of the molecule is CC(C)C(C)(C(=O)Cl)c1ccc(Cl)cc1. The molecule has 0 radical (unpaired) electrons. The van der Waals surface area contributed by atoms with Crippen molar-refractivity contribution in [2.24, 2.45) is 5.92 Å². The number of rotatable bonds is 3. The third-order valence-electron chi connectivity index (χ3n) is 3.01. The monoisotopic (exact) mass is 244 g/mol. The van der Waals surface area contributed by atoms with Gasteiger partial charge in [-0.2, -0.15) is 0 Å². The summed E-state index contributed by atoms with van der Waals surface area (Å²) in [6, 6.07) is 7.25. The van der Waals surface area contributed by atoms with E-state index in [4.69, 9.17) is 23.2 Å². The van der Waals surface area contributed by atoms with Gasteiger partial charge in [-0.1, -0.05) is 37.6 Å². The molecule has 0 aliphatic rings. The standard InChI is InChI=1S/C12H14Cl2O/c1-8(2)12(3,11(14)15)9-4-6-10(13)7-5-9/h4-8H,1-3H3. The highest BCUT2D eigenvalue weighted by Crippen LogP contribution is 2.34. The summed E-state index contributed by atoms with van der Waals surface area (Å²) in [5, 5.41) is 0.326. The molecule has 0 aromatic heterocycles. The molecule has 1 atom stereocenters. The molecule has 0 bridgehead atoms. The smallest absolute Gasteiger partial charge is 0.232 e. The molecule has 0 spiro atoms. The number of carbonyl (C=O) groups excluding carboxylic acids is 1. The molecule has 1 nitrogen and oxygen atoms in total.